The van der Waals surface area contributed by atoms with E-state index in [2.05, 4.69) is 0 Å². The number of methoxy groups -OCH3 is 1. The topological polar surface area (TPSA) is 121 Å². The molecule has 0 saturated carbocycles. The Bertz CT molecular complexity index is 713. The summed E-state index contributed by atoms with van der Waals surface area (Å²) in [6.45, 7) is 1.19. The van der Waals surface area contributed by atoms with Crippen LogP contribution >= 0.6 is 0 Å². The summed E-state index contributed by atoms with van der Waals surface area (Å²) >= 11 is 0. The van der Waals surface area contributed by atoms with E-state index >= 15 is 0 Å². The number of carbonyl (C=O) groups is 3. The molecule has 0 fully saturated rings. The molecule has 0 saturated heterocycles. The van der Waals surface area contributed by atoms with Crippen LogP contribution in [-0.2, 0) is 9.59 Å². The number of aliphatic hydroxyl groups excluding tert-OH is 1. The SMILES string of the molecule is COc1cc(O)c2c(c1O)C(O)=C(CC(C)=O)C(=O)C2=O. The Balaban J connectivity index is 2.83. The maximum Gasteiger partial charge on any atom is 0.237 e. The van der Waals surface area contributed by atoms with Crippen LogP contribution in [0.1, 0.15) is 29.3 Å². The number of hydrogen-bond donors (Lipinski definition) is 3. The first-order valence-corrected chi connectivity index (χ1v) is 5.93. The highest BCUT2D eigenvalue weighted by atomic mass is 16.5. The number of ether oxygens (including phenoxy) is 1. The highest BCUT2D eigenvalue weighted by Gasteiger charge is 2.38. The van der Waals surface area contributed by atoms with Gasteiger partial charge in [-0.1, -0.05) is 0 Å². The van der Waals surface area contributed by atoms with Gasteiger partial charge in [0.05, 0.1) is 23.8 Å². The van der Waals surface area contributed by atoms with Gasteiger partial charge >= 0.3 is 0 Å². The van der Waals surface area contributed by atoms with E-state index in [9.17, 15) is 29.7 Å². The van der Waals surface area contributed by atoms with Crippen molar-refractivity contribution >= 4 is 23.1 Å². The highest BCUT2D eigenvalue weighted by Crippen LogP contribution is 2.45. The molecular formula is C14H12O7. The number of allylic oxidation sites excluding steroid dienone is 1. The predicted octanol–water partition coefficient (Wildman–Crippen LogP) is 1.12. The third kappa shape index (κ3) is 2.12. The number of ketones is 3. The quantitative estimate of drug-likeness (QED) is 0.563. The van der Waals surface area contributed by atoms with Crippen molar-refractivity contribution in [2.24, 2.45) is 0 Å². The summed E-state index contributed by atoms with van der Waals surface area (Å²) in [5.41, 5.74) is -1.33. The van der Waals surface area contributed by atoms with Crippen LogP contribution in [0, 0.1) is 0 Å². The van der Waals surface area contributed by atoms with E-state index in [0.717, 1.165) is 6.07 Å². The molecule has 21 heavy (non-hydrogen) atoms. The van der Waals surface area contributed by atoms with E-state index in [1.165, 1.54) is 14.0 Å². The maximum atomic E-state index is 12.0. The summed E-state index contributed by atoms with van der Waals surface area (Å²) in [6.07, 6.45) is -0.451. The predicted molar refractivity (Wildman–Crippen MR) is 70.5 cm³/mol. The van der Waals surface area contributed by atoms with Gasteiger partial charge in [-0.3, -0.25) is 14.4 Å². The van der Waals surface area contributed by atoms with E-state index in [1.54, 1.807) is 0 Å². The second kappa shape index (κ2) is 4.93. The van der Waals surface area contributed by atoms with Crippen molar-refractivity contribution in [1.82, 2.24) is 0 Å². The molecule has 7 nitrogen and oxygen atoms in total. The summed E-state index contributed by atoms with van der Waals surface area (Å²) in [7, 11) is 1.22. The lowest BCUT2D eigenvalue weighted by molar-refractivity contribution is -0.118. The zero-order valence-corrected chi connectivity index (χ0v) is 11.3. The monoisotopic (exact) mass is 292 g/mol. The van der Waals surface area contributed by atoms with E-state index in [1.807, 2.05) is 0 Å². The number of rotatable bonds is 3. The van der Waals surface area contributed by atoms with Crippen molar-refractivity contribution < 1.29 is 34.4 Å². The van der Waals surface area contributed by atoms with Crippen LogP contribution in [0.2, 0.25) is 0 Å². The van der Waals surface area contributed by atoms with Crippen molar-refractivity contribution in [3.63, 3.8) is 0 Å². The number of hydrogen-bond acceptors (Lipinski definition) is 7. The number of Topliss-reactive ketones (excluding diaryl/α,β-unsaturated/α-hetero) is 3. The zero-order valence-electron chi connectivity index (χ0n) is 11.3. The van der Waals surface area contributed by atoms with E-state index < -0.39 is 57.7 Å². The average molecular weight is 292 g/mol. The summed E-state index contributed by atoms with van der Waals surface area (Å²) in [5, 5.41) is 29.9. The lowest BCUT2D eigenvalue weighted by Gasteiger charge is -2.20. The minimum absolute atomic E-state index is 0.179. The van der Waals surface area contributed by atoms with Crippen LogP contribution in [0.3, 0.4) is 0 Å². The zero-order chi connectivity index (χ0) is 15.9. The van der Waals surface area contributed by atoms with Crippen molar-refractivity contribution in [3.05, 3.63) is 22.8 Å². The Morgan fingerprint density at radius 1 is 1.14 bits per heavy atom. The lowest BCUT2D eigenvalue weighted by atomic mass is 9.85. The molecule has 0 spiro atoms. The molecule has 0 bridgehead atoms. The second-order valence-electron chi connectivity index (χ2n) is 4.56. The van der Waals surface area contributed by atoms with Gasteiger partial charge in [0.2, 0.25) is 11.6 Å². The highest BCUT2D eigenvalue weighted by molar-refractivity contribution is 6.53. The van der Waals surface area contributed by atoms with Gasteiger partial charge in [-0.05, 0) is 6.92 Å². The average Bonchev–Trinajstić information content (AvgIpc) is 2.42. The summed E-state index contributed by atoms with van der Waals surface area (Å²) in [6, 6.07) is 0.961. The van der Waals surface area contributed by atoms with Crippen LogP contribution < -0.4 is 4.74 Å². The molecule has 110 valence electrons. The number of benzene rings is 1. The van der Waals surface area contributed by atoms with Crippen molar-refractivity contribution in [2.75, 3.05) is 7.11 Å². The molecule has 0 radical (unpaired) electrons. The van der Waals surface area contributed by atoms with Gasteiger partial charge in [-0.15, -0.1) is 0 Å². The minimum atomic E-state index is -1.10. The largest absolute Gasteiger partial charge is 0.507 e. The second-order valence-corrected chi connectivity index (χ2v) is 4.56. The molecule has 0 aliphatic heterocycles. The number of phenols is 2. The van der Waals surface area contributed by atoms with Crippen LogP contribution in [0.15, 0.2) is 11.6 Å². The molecule has 0 atom stereocenters. The molecule has 0 aromatic heterocycles. The van der Waals surface area contributed by atoms with Gasteiger partial charge in [-0.2, -0.15) is 0 Å². The molecule has 7 heteroatoms. The standard InChI is InChI=1S/C14H12O7/c1-5(15)3-6-11(17)10-9(14(20)12(6)18)7(16)4-8(21-2)13(10)19/h4,16-17,19H,3H2,1-2H3. The molecule has 1 aromatic rings. The van der Waals surface area contributed by atoms with E-state index in [4.69, 9.17) is 4.74 Å². The molecule has 0 heterocycles. The lowest BCUT2D eigenvalue weighted by Crippen LogP contribution is -2.25. The molecular weight excluding hydrogens is 280 g/mol. The normalized spacial score (nSPS) is 14.2. The summed E-state index contributed by atoms with van der Waals surface area (Å²) in [5.74, 6) is -4.72. The van der Waals surface area contributed by atoms with Crippen molar-refractivity contribution in [1.29, 1.82) is 0 Å². The molecule has 1 aromatic carbocycles. The third-order valence-corrected chi connectivity index (χ3v) is 3.12. The fraction of sp³-hybridized carbons (Fsp3) is 0.214. The Kier molecular flexibility index (Phi) is 3.42. The van der Waals surface area contributed by atoms with Crippen LogP contribution in [0.25, 0.3) is 5.76 Å². The number of aromatic hydroxyl groups is 2. The van der Waals surface area contributed by atoms with Gasteiger partial charge in [0.15, 0.2) is 11.5 Å². The molecule has 1 aliphatic rings. The van der Waals surface area contributed by atoms with E-state index in [0.29, 0.717) is 0 Å². The molecule has 2 rings (SSSR count). The van der Waals surface area contributed by atoms with Gasteiger partial charge in [0.25, 0.3) is 0 Å². The van der Waals surface area contributed by atoms with Crippen molar-refractivity contribution in [2.45, 2.75) is 13.3 Å². The summed E-state index contributed by atoms with van der Waals surface area (Å²) in [4.78, 5) is 35.1. The number of phenolic OH excluding ortho intramolecular Hbond substituents is 2. The Morgan fingerprint density at radius 2 is 1.76 bits per heavy atom. The first kappa shape index (κ1) is 14.6. The van der Waals surface area contributed by atoms with Gasteiger partial charge in [0.1, 0.15) is 17.3 Å². The van der Waals surface area contributed by atoms with Gasteiger partial charge in [0, 0.05) is 12.5 Å². The fourth-order valence-electron chi connectivity index (χ4n) is 2.17. The number of aliphatic hydroxyl groups is 1. The van der Waals surface area contributed by atoms with Crippen LogP contribution in [0.5, 0.6) is 17.2 Å². The van der Waals surface area contributed by atoms with Crippen molar-refractivity contribution in [3.8, 4) is 17.2 Å². The van der Waals surface area contributed by atoms with Gasteiger partial charge in [-0.25, -0.2) is 0 Å². The van der Waals surface area contributed by atoms with Gasteiger partial charge < -0.3 is 20.1 Å². The van der Waals surface area contributed by atoms with Crippen LogP contribution in [0.4, 0.5) is 0 Å². The molecule has 0 amide bonds. The number of fused-ring (bicyclic) bond motifs is 1. The third-order valence-electron chi connectivity index (χ3n) is 3.12. The Labute approximate surface area is 119 Å². The van der Waals surface area contributed by atoms with E-state index in [-0.39, 0.29) is 5.75 Å². The maximum absolute atomic E-state index is 12.0. The first-order valence-electron chi connectivity index (χ1n) is 5.93. The first-order chi connectivity index (χ1) is 9.79. The molecule has 3 N–H and O–H groups in total. The smallest absolute Gasteiger partial charge is 0.237 e. The van der Waals surface area contributed by atoms with Crippen LogP contribution in [-0.4, -0.2) is 39.8 Å². The summed E-state index contributed by atoms with van der Waals surface area (Å²) < 4.78 is 4.81. The Hall–Kier alpha value is -2.83. The number of carbonyl (C=O) groups excluding carboxylic acids is 3. The molecule has 1 aliphatic carbocycles. The Morgan fingerprint density at radius 3 is 2.29 bits per heavy atom. The minimum Gasteiger partial charge on any atom is -0.507 e. The fourth-order valence-corrected chi connectivity index (χ4v) is 2.17. The molecule has 0 unspecified atom stereocenters.